The van der Waals surface area contributed by atoms with Crippen LogP contribution in [0.1, 0.15) is 50.7 Å². The third-order valence-corrected chi connectivity index (χ3v) is 3.83. The van der Waals surface area contributed by atoms with Gasteiger partial charge in [0.05, 0.1) is 0 Å². The number of benzene rings is 1. The summed E-state index contributed by atoms with van der Waals surface area (Å²) in [6, 6.07) is 4.44. The fraction of sp³-hybridized carbons (Fsp3) is 0.500. The van der Waals surface area contributed by atoms with Crippen LogP contribution in [0.4, 0.5) is 0 Å². The molecule has 2 rings (SSSR count). The SMILES string of the molecule is CC(C)c1ccc(C(C)C)c2n[se]nc12. The Morgan fingerprint density at radius 3 is 1.60 bits per heavy atom. The van der Waals surface area contributed by atoms with Gasteiger partial charge in [0.15, 0.2) is 0 Å². The second-order valence-corrected chi connectivity index (χ2v) is 5.62. The normalized spacial score (nSPS) is 11.9. The molecule has 1 aromatic heterocycles. The molecule has 0 bridgehead atoms. The van der Waals surface area contributed by atoms with E-state index in [4.69, 9.17) is 0 Å². The zero-order chi connectivity index (χ0) is 11.0. The molecule has 0 aliphatic rings. The molecule has 0 fully saturated rings. The zero-order valence-electron chi connectivity index (χ0n) is 9.61. The maximum atomic E-state index is 4.56. The average molecular weight is 267 g/mol. The molecule has 1 heterocycles. The van der Waals surface area contributed by atoms with Crippen molar-refractivity contribution in [3.8, 4) is 0 Å². The van der Waals surface area contributed by atoms with Crippen LogP contribution in [0.3, 0.4) is 0 Å². The molecular weight excluding hydrogens is 251 g/mol. The van der Waals surface area contributed by atoms with E-state index in [0.717, 1.165) is 11.0 Å². The molecule has 2 nitrogen and oxygen atoms in total. The molecule has 0 saturated carbocycles. The van der Waals surface area contributed by atoms with Crippen molar-refractivity contribution in [2.75, 3.05) is 0 Å². The Balaban J connectivity index is 2.71. The molecule has 0 unspecified atom stereocenters. The summed E-state index contributed by atoms with van der Waals surface area (Å²) in [6.45, 7) is 8.86. The van der Waals surface area contributed by atoms with Gasteiger partial charge in [0.1, 0.15) is 0 Å². The van der Waals surface area contributed by atoms with E-state index in [1.807, 2.05) is 0 Å². The molecular formula is C12H16N2Se. The Morgan fingerprint density at radius 2 is 1.27 bits per heavy atom. The van der Waals surface area contributed by atoms with Crippen molar-refractivity contribution >= 4 is 26.0 Å². The number of fused-ring (bicyclic) bond motifs is 1. The standard InChI is InChI=1S/C12H16N2Se/c1-7(2)9-5-6-10(8(3)4)12-11(9)13-15-14-12/h5-8H,1-4H3. The molecule has 0 aliphatic carbocycles. The molecule has 2 aromatic rings. The van der Waals surface area contributed by atoms with E-state index in [9.17, 15) is 0 Å². The fourth-order valence-corrected chi connectivity index (χ4v) is 3.07. The summed E-state index contributed by atoms with van der Waals surface area (Å²) in [5, 5.41) is 0. The molecule has 15 heavy (non-hydrogen) atoms. The Labute approximate surface area is 96.9 Å². The van der Waals surface area contributed by atoms with E-state index in [1.54, 1.807) is 0 Å². The molecule has 3 heteroatoms. The van der Waals surface area contributed by atoms with Crippen LogP contribution >= 0.6 is 0 Å². The van der Waals surface area contributed by atoms with Gasteiger partial charge in [-0.15, -0.1) is 0 Å². The molecule has 0 spiro atoms. The van der Waals surface area contributed by atoms with Gasteiger partial charge >= 0.3 is 96.7 Å². The Kier molecular flexibility index (Phi) is 2.94. The van der Waals surface area contributed by atoms with Crippen molar-refractivity contribution in [1.29, 1.82) is 0 Å². The molecule has 0 radical (unpaired) electrons. The van der Waals surface area contributed by atoms with E-state index in [-0.39, 0.29) is 15.0 Å². The molecule has 0 N–H and O–H groups in total. The van der Waals surface area contributed by atoms with Crippen LogP contribution < -0.4 is 0 Å². The van der Waals surface area contributed by atoms with Crippen LogP contribution in [-0.4, -0.2) is 22.9 Å². The quantitative estimate of drug-likeness (QED) is 0.782. The summed E-state index contributed by atoms with van der Waals surface area (Å²) in [5.41, 5.74) is 5.02. The summed E-state index contributed by atoms with van der Waals surface area (Å²) in [7, 11) is 0. The Morgan fingerprint density at radius 1 is 0.867 bits per heavy atom. The number of hydrogen-bond donors (Lipinski definition) is 0. The van der Waals surface area contributed by atoms with Gasteiger partial charge < -0.3 is 0 Å². The third-order valence-electron chi connectivity index (χ3n) is 2.72. The molecule has 0 aliphatic heterocycles. The van der Waals surface area contributed by atoms with Crippen LogP contribution in [-0.2, 0) is 0 Å². The van der Waals surface area contributed by atoms with Gasteiger partial charge in [-0.25, -0.2) is 0 Å². The van der Waals surface area contributed by atoms with Gasteiger partial charge in [0, 0.05) is 0 Å². The molecule has 80 valence electrons. The van der Waals surface area contributed by atoms with E-state index in [0.29, 0.717) is 11.8 Å². The van der Waals surface area contributed by atoms with Crippen LogP contribution in [0.15, 0.2) is 12.1 Å². The van der Waals surface area contributed by atoms with Gasteiger partial charge in [0.25, 0.3) is 0 Å². The van der Waals surface area contributed by atoms with E-state index in [2.05, 4.69) is 47.8 Å². The minimum atomic E-state index is 0.0803. The van der Waals surface area contributed by atoms with Gasteiger partial charge in [-0.05, 0) is 0 Å². The number of hydrogen-bond acceptors (Lipinski definition) is 2. The zero-order valence-corrected chi connectivity index (χ0v) is 11.3. The molecule has 0 saturated heterocycles. The summed E-state index contributed by atoms with van der Waals surface area (Å²) >= 11 is 0.0803. The first-order chi connectivity index (χ1) is 7.11. The van der Waals surface area contributed by atoms with Crippen molar-refractivity contribution in [2.45, 2.75) is 39.5 Å². The number of aromatic nitrogens is 2. The summed E-state index contributed by atoms with van der Waals surface area (Å²) in [4.78, 5) is 0. The van der Waals surface area contributed by atoms with Gasteiger partial charge in [-0.1, -0.05) is 0 Å². The van der Waals surface area contributed by atoms with Gasteiger partial charge in [-0.3, -0.25) is 0 Å². The van der Waals surface area contributed by atoms with Crippen LogP contribution in [0, 0.1) is 0 Å². The van der Waals surface area contributed by atoms with E-state index < -0.39 is 0 Å². The summed E-state index contributed by atoms with van der Waals surface area (Å²) < 4.78 is 9.12. The number of nitrogens with zero attached hydrogens (tertiary/aromatic N) is 2. The van der Waals surface area contributed by atoms with Crippen LogP contribution in [0.2, 0.25) is 0 Å². The number of rotatable bonds is 2. The Hall–Kier alpha value is -0.661. The maximum absolute atomic E-state index is 4.56. The third kappa shape index (κ3) is 1.86. The Bertz CT molecular complexity index is 429. The summed E-state index contributed by atoms with van der Waals surface area (Å²) in [6.07, 6.45) is 0. The van der Waals surface area contributed by atoms with Crippen molar-refractivity contribution in [2.24, 2.45) is 0 Å². The van der Waals surface area contributed by atoms with Crippen molar-refractivity contribution < 1.29 is 0 Å². The predicted octanol–water partition coefficient (Wildman–Crippen LogP) is 2.93. The van der Waals surface area contributed by atoms with Crippen molar-refractivity contribution in [3.05, 3.63) is 23.3 Å². The minimum absolute atomic E-state index is 0.0803. The van der Waals surface area contributed by atoms with Gasteiger partial charge in [-0.2, -0.15) is 0 Å². The van der Waals surface area contributed by atoms with E-state index >= 15 is 0 Å². The topological polar surface area (TPSA) is 25.8 Å². The van der Waals surface area contributed by atoms with E-state index in [1.165, 1.54) is 11.1 Å². The molecule has 0 amide bonds. The first kappa shape index (κ1) is 10.8. The predicted molar refractivity (Wildman–Crippen MR) is 64.7 cm³/mol. The van der Waals surface area contributed by atoms with Crippen LogP contribution in [0.25, 0.3) is 11.0 Å². The second-order valence-electron chi connectivity index (χ2n) is 4.51. The van der Waals surface area contributed by atoms with Crippen molar-refractivity contribution in [3.63, 3.8) is 0 Å². The second kappa shape index (κ2) is 4.07. The molecule has 1 aromatic carbocycles. The molecule has 0 atom stereocenters. The van der Waals surface area contributed by atoms with Crippen molar-refractivity contribution in [1.82, 2.24) is 7.96 Å². The average Bonchev–Trinajstić information content (AvgIpc) is 2.63. The monoisotopic (exact) mass is 268 g/mol. The fourth-order valence-electron chi connectivity index (χ4n) is 1.84. The summed E-state index contributed by atoms with van der Waals surface area (Å²) in [5.74, 6) is 1.07. The van der Waals surface area contributed by atoms with Gasteiger partial charge in [0.2, 0.25) is 0 Å². The first-order valence-corrected chi connectivity index (χ1v) is 6.89. The first-order valence-electron chi connectivity index (χ1n) is 5.36. The van der Waals surface area contributed by atoms with Crippen LogP contribution in [0.5, 0.6) is 0 Å².